The van der Waals surface area contributed by atoms with Gasteiger partial charge in [-0.1, -0.05) is 147 Å². The maximum atomic E-state index is 3.78. The van der Waals surface area contributed by atoms with E-state index >= 15 is 0 Å². The molecule has 0 saturated carbocycles. The van der Waals surface area contributed by atoms with Crippen LogP contribution < -0.4 is 0 Å². The molecule has 1 atom stereocenters. The number of rotatable bonds is 4. The normalized spacial score (nSPS) is 12.7. The molecule has 0 N–H and O–H groups in total. The third-order valence-electron chi connectivity index (χ3n) is 10.8. The Bertz CT molecular complexity index is 2170. The Morgan fingerprint density at radius 3 is 1.51 bits per heavy atom. The van der Waals surface area contributed by atoms with E-state index in [-0.39, 0.29) is 24.8 Å². The molecule has 0 spiro atoms. The third kappa shape index (κ3) is 15.2. The average Bonchev–Trinajstić information content (AvgIpc) is 3.81. The number of aryl methyl sites for hydroxylation is 8. The molecule has 0 heterocycles. The van der Waals surface area contributed by atoms with Crippen LogP contribution in [0.3, 0.4) is 0 Å². The van der Waals surface area contributed by atoms with Gasteiger partial charge in [0, 0.05) is 0 Å². The molecule has 6 aromatic carbocycles. The molecule has 8 rings (SSSR count). The van der Waals surface area contributed by atoms with E-state index in [0.717, 1.165) is 6.42 Å². The molecule has 1 unspecified atom stereocenters. The Labute approximate surface area is 398 Å². The summed E-state index contributed by atoms with van der Waals surface area (Å²) in [5.41, 5.74) is 23.0. The van der Waals surface area contributed by atoms with Crippen molar-refractivity contribution in [2.24, 2.45) is 11.3 Å². The Morgan fingerprint density at radius 2 is 1.08 bits per heavy atom. The number of fused-ring (bicyclic) bond motifs is 3. The number of hydrogen-bond donors (Lipinski definition) is 0. The monoisotopic (exact) mass is 922 g/mol. The van der Waals surface area contributed by atoms with Gasteiger partial charge in [0.1, 0.15) is 0 Å². The summed E-state index contributed by atoms with van der Waals surface area (Å²) >= 11 is 1.30. The van der Waals surface area contributed by atoms with Crippen molar-refractivity contribution in [1.82, 2.24) is 0 Å². The van der Waals surface area contributed by atoms with Crippen molar-refractivity contribution in [1.29, 1.82) is 0 Å². The molecule has 6 aromatic rings. The third-order valence-corrected chi connectivity index (χ3v) is 10.8. The van der Waals surface area contributed by atoms with Gasteiger partial charge in [-0.05, 0) is 75.8 Å². The Balaban J connectivity index is 0.000000349. The van der Waals surface area contributed by atoms with Crippen LogP contribution in [0.15, 0.2) is 121 Å². The van der Waals surface area contributed by atoms with Gasteiger partial charge in [0.2, 0.25) is 0 Å². The minimum atomic E-state index is 0. The van der Waals surface area contributed by atoms with Crippen molar-refractivity contribution in [3.05, 3.63) is 201 Å². The summed E-state index contributed by atoms with van der Waals surface area (Å²) in [6, 6.07) is 46.1. The molecule has 0 fully saturated rings. The molecule has 0 radical (unpaired) electrons. The van der Waals surface area contributed by atoms with Crippen LogP contribution >= 0.6 is 24.8 Å². The first-order chi connectivity index (χ1) is 28.1. The molecule has 61 heavy (non-hydrogen) atoms. The zero-order valence-corrected chi connectivity index (χ0v) is 42.8. The summed E-state index contributed by atoms with van der Waals surface area (Å²) in [6.07, 6.45) is 11.4. The summed E-state index contributed by atoms with van der Waals surface area (Å²) in [6.45, 7) is 26.3. The van der Waals surface area contributed by atoms with Gasteiger partial charge in [-0.2, -0.15) is 83.4 Å². The zero-order chi connectivity index (χ0) is 43.3. The number of allylic oxidation sites excluding steroid dienone is 4. The molecule has 3 heteroatoms. The molecule has 320 valence electrons. The van der Waals surface area contributed by atoms with Crippen LogP contribution in [0.25, 0.3) is 33.4 Å². The quantitative estimate of drug-likeness (QED) is 0.154. The number of benzene rings is 6. The zero-order valence-electron chi connectivity index (χ0n) is 38.7. The number of hydrogen-bond acceptors (Lipinski definition) is 0. The minimum absolute atomic E-state index is 0. The van der Waals surface area contributed by atoms with Crippen LogP contribution in [0.5, 0.6) is 0 Å². The molecule has 2 aliphatic carbocycles. The molecule has 0 bridgehead atoms. The summed E-state index contributed by atoms with van der Waals surface area (Å²) in [4.78, 5) is 0. The second-order valence-electron chi connectivity index (χ2n) is 17.1. The second-order valence-corrected chi connectivity index (χ2v) is 17.1. The van der Waals surface area contributed by atoms with Crippen LogP contribution in [0.2, 0.25) is 0 Å². The SMILES string of the molecule is CCCC1[C-]=CC(C(C)(C)C)=C1.Cc1cc(C)c(-c2[c-]c3c(cc2)-c2ccc(-c4c(C)cc(C)cc4C)cc2C3)c(C)c1.Cc1cc[c-]cc1.Cc1cc[c-]cc1.Cl.Cl.[CH2]=[Zr]. The molecule has 2 aliphatic rings. The fraction of sp³-hybridized carbons (Fsp3) is 0.293. The van der Waals surface area contributed by atoms with E-state index in [1.165, 1.54) is 132 Å². The van der Waals surface area contributed by atoms with Crippen molar-refractivity contribution in [3.8, 4) is 33.4 Å². The van der Waals surface area contributed by atoms with Crippen molar-refractivity contribution < 1.29 is 24.2 Å². The fourth-order valence-electron chi connectivity index (χ4n) is 8.06. The first kappa shape index (κ1) is 53.3. The van der Waals surface area contributed by atoms with Crippen molar-refractivity contribution in [3.63, 3.8) is 0 Å². The summed E-state index contributed by atoms with van der Waals surface area (Å²) in [5, 5.41) is 0. The van der Waals surface area contributed by atoms with Gasteiger partial charge in [0.15, 0.2) is 0 Å². The van der Waals surface area contributed by atoms with E-state index in [9.17, 15) is 0 Å². The topological polar surface area (TPSA) is 0 Å². The van der Waals surface area contributed by atoms with Crippen molar-refractivity contribution in [2.45, 2.75) is 102 Å². The molecule has 0 amide bonds. The Morgan fingerprint density at radius 1 is 0.607 bits per heavy atom. The predicted molar refractivity (Wildman–Crippen MR) is 268 cm³/mol. The van der Waals surface area contributed by atoms with Gasteiger partial charge in [-0.3, -0.25) is 6.08 Å². The summed E-state index contributed by atoms with van der Waals surface area (Å²) in [7, 11) is 0. The van der Waals surface area contributed by atoms with Gasteiger partial charge < -0.3 is 0 Å². The first-order valence-electron chi connectivity index (χ1n) is 21.0. The molecule has 0 aromatic heterocycles. The van der Waals surface area contributed by atoms with Gasteiger partial charge in [0.05, 0.1) is 0 Å². The van der Waals surface area contributed by atoms with E-state index in [1.807, 2.05) is 48.5 Å². The predicted octanol–water partition coefficient (Wildman–Crippen LogP) is 16.4. The van der Waals surface area contributed by atoms with Gasteiger partial charge in [0.25, 0.3) is 0 Å². The second kappa shape index (κ2) is 25.3. The van der Waals surface area contributed by atoms with Gasteiger partial charge in [-0.25, -0.2) is 6.08 Å². The molecule has 0 nitrogen and oxygen atoms in total. The van der Waals surface area contributed by atoms with Crippen LogP contribution in [-0.4, -0.2) is 4.21 Å². The van der Waals surface area contributed by atoms with Crippen LogP contribution in [0.1, 0.15) is 96.2 Å². The van der Waals surface area contributed by atoms with E-state index in [1.54, 1.807) is 0 Å². The van der Waals surface area contributed by atoms with E-state index in [4.69, 9.17) is 0 Å². The maximum absolute atomic E-state index is 3.78. The fourth-order valence-corrected chi connectivity index (χ4v) is 8.06. The van der Waals surface area contributed by atoms with E-state index in [0.29, 0.717) is 11.3 Å². The molecule has 0 aliphatic heterocycles. The molecule has 0 saturated heterocycles. The Hall–Kier alpha value is -3.87. The first-order valence-corrected chi connectivity index (χ1v) is 22.8. The van der Waals surface area contributed by atoms with Gasteiger partial charge >= 0.3 is 28.4 Å². The summed E-state index contributed by atoms with van der Waals surface area (Å²) in [5.74, 6) is 0.587. The molecular weight excluding hydrogens is 859 g/mol. The molecular formula is C58H66Cl2Zr-4. The average molecular weight is 925 g/mol. The summed E-state index contributed by atoms with van der Waals surface area (Å²) < 4.78 is 3.34. The van der Waals surface area contributed by atoms with Crippen molar-refractivity contribution >= 4 is 29.0 Å². The van der Waals surface area contributed by atoms with Crippen LogP contribution in [0, 0.1) is 91.0 Å². The number of halogens is 2. The van der Waals surface area contributed by atoms with Crippen molar-refractivity contribution in [2.75, 3.05) is 0 Å². The standard InChI is InChI=1S/C31H29.C12H19.2C7H7.CH2.2ClH.Zr/c1-18-11-20(3)30(21(4)12-18)24-7-9-28-26(15-24)17-27-16-25(8-10-29(27)28)31-22(5)13-19(2)14-23(31)6;1-5-6-10-7-8-11(9-10)12(2,3)4;2*1-7-5-3-2-4-6-7;;;;/h7-15H,17H2,1-6H3;8-10H,5-6H2,1-4H3;2*3-6H,1H3;1H2;2*1H;/q4*-1;;;;. The van der Waals surface area contributed by atoms with E-state index < -0.39 is 0 Å². The Kier molecular flexibility index (Phi) is 22.1. The van der Waals surface area contributed by atoms with Gasteiger partial charge in [-0.15, -0.1) is 54.1 Å². The van der Waals surface area contributed by atoms with Crippen LogP contribution in [-0.2, 0) is 30.7 Å². The van der Waals surface area contributed by atoms with E-state index in [2.05, 4.69) is 178 Å². The van der Waals surface area contributed by atoms with Crippen LogP contribution in [0.4, 0.5) is 0 Å².